The highest BCUT2D eigenvalue weighted by Gasteiger charge is 2.09. The number of carbonyl (C=O) groups is 1. The Kier molecular flexibility index (Phi) is 6.22. The van der Waals surface area contributed by atoms with Crippen molar-refractivity contribution in [2.75, 3.05) is 28.6 Å². The highest BCUT2D eigenvalue weighted by Crippen LogP contribution is 2.20. The van der Waals surface area contributed by atoms with E-state index in [0.717, 1.165) is 36.0 Å². The Balaban J connectivity index is 1.70. The Morgan fingerprint density at radius 3 is 2.21 bits per heavy atom. The van der Waals surface area contributed by atoms with Gasteiger partial charge in [0.1, 0.15) is 5.82 Å². The van der Waals surface area contributed by atoms with Crippen LogP contribution >= 0.6 is 0 Å². The molecule has 28 heavy (non-hydrogen) atoms. The number of amides is 1. The summed E-state index contributed by atoms with van der Waals surface area (Å²) in [5.74, 6) is 1.34. The summed E-state index contributed by atoms with van der Waals surface area (Å²) in [4.78, 5) is 23.5. The largest absolute Gasteiger partial charge is 0.357 e. The number of rotatable bonds is 7. The molecule has 0 radical (unpaired) electrons. The van der Waals surface area contributed by atoms with E-state index in [1.54, 1.807) is 12.1 Å². The van der Waals surface area contributed by atoms with E-state index in [2.05, 4.69) is 39.3 Å². The molecule has 2 aromatic carbocycles. The fraction of sp³-hybridized carbons (Fsp3) is 0.227. The maximum Gasteiger partial charge on any atom is 0.255 e. The van der Waals surface area contributed by atoms with Crippen molar-refractivity contribution in [3.8, 4) is 0 Å². The number of hydrogen-bond acceptors (Lipinski definition) is 5. The summed E-state index contributed by atoms with van der Waals surface area (Å²) in [5, 5.41) is 6.13. The number of aryl methyl sites for hydroxylation is 1. The first-order valence-electron chi connectivity index (χ1n) is 9.43. The smallest absolute Gasteiger partial charge is 0.255 e. The predicted molar refractivity (Wildman–Crippen MR) is 114 cm³/mol. The monoisotopic (exact) mass is 375 g/mol. The first-order valence-corrected chi connectivity index (χ1v) is 9.43. The van der Waals surface area contributed by atoms with E-state index in [9.17, 15) is 4.79 Å². The van der Waals surface area contributed by atoms with Crippen molar-refractivity contribution in [3.05, 3.63) is 71.9 Å². The van der Waals surface area contributed by atoms with Gasteiger partial charge in [-0.1, -0.05) is 18.2 Å². The van der Waals surface area contributed by atoms with Gasteiger partial charge in [0.15, 0.2) is 0 Å². The molecule has 0 aliphatic heterocycles. The van der Waals surface area contributed by atoms with E-state index >= 15 is 0 Å². The highest BCUT2D eigenvalue weighted by molar-refractivity contribution is 6.04. The molecule has 1 heterocycles. The summed E-state index contributed by atoms with van der Waals surface area (Å²) >= 11 is 0. The van der Waals surface area contributed by atoms with Crippen molar-refractivity contribution >= 4 is 29.0 Å². The average molecular weight is 375 g/mol. The molecule has 0 unspecified atom stereocenters. The molecule has 0 bridgehead atoms. The summed E-state index contributed by atoms with van der Waals surface area (Å²) in [6.07, 6.45) is 0. The van der Waals surface area contributed by atoms with Crippen LogP contribution in [0.5, 0.6) is 0 Å². The van der Waals surface area contributed by atoms with Crippen LogP contribution in [-0.4, -0.2) is 29.0 Å². The highest BCUT2D eigenvalue weighted by atomic mass is 16.1. The Hall–Kier alpha value is -3.41. The molecule has 0 aliphatic carbocycles. The van der Waals surface area contributed by atoms with Crippen LogP contribution in [-0.2, 0) is 0 Å². The van der Waals surface area contributed by atoms with E-state index in [1.165, 1.54) is 0 Å². The van der Waals surface area contributed by atoms with E-state index in [-0.39, 0.29) is 5.91 Å². The van der Waals surface area contributed by atoms with Crippen LogP contribution in [0.15, 0.2) is 60.7 Å². The van der Waals surface area contributed by atoms with Gasteiger partial charge in [0.2, 0.25) is 5.95 Å². The zero-order valence-corrected chi connectivity index (χ0v) is 16.4. The quantitative estimate of drug-likeness (QED) is 0.630. The zero-order chi connectivity index (χ0) is 19.9. The van der Waals surface area contributed by atoms with Gasteiger partial charge in [-0.2, -0.15) is 4.98 Å². The Labute approximate surface area is 165 Å². The van der Waals surface area contributed by atoms with E-state index in [0.29, 0.717) is 11.5 Å². The molecule has 6 nitrogen and oxygen atoms in total. The Morgan fingerprint density at radius 1 is 0.929 bits per heavy atom. The second-order valence-corrected chi connectivity index (χ2v) is 6.39. The molecule has 1 aromatic heterocycles. The fourth-order valence-electron chi connectivity index (χ4n) is 2.88. The van der Waals surface area contributed by atoms with Crippen LogP contribution in [0.3, 0.4) is 0 Å². The van der Waals surface area contributed by atoms with Crippen LogP contribution < -0.4 is 15.5 Å². The van der Waals surface area contributed by atoms with Gasteiger partial charge in [-0.05, 0) is 57.2 Å². The molecule has 6 heteroatoms. The third kappa shape index (κ3) is 4.85. The molecule has 3 rings (SSSR count). The van der Waals surface area contributed by atoms with Gasteiger partial charge in [-0.25, -0.2) is 4.98 Å². The van der Waals surface area contributed by atoms with Gasteiger partial charge >= 0.3 is 0 Å². The van der Waals surface area contributed by atoms with Crippen LogP contribution in [0.25, 0.3) is 0 Å². The van der Waals surface area contributed by atoms with Gasteiger partial charge in [0, 0.05) is 41.8 Å². The lowest BCUT2D eigenvalue weighted by Gasteiger charge is -2.20. The van der Waals surface area contributed by atoms with E-state index in [1.807, 2.05) is 55.5 Å². The number of hydrogen-bond donors (Lipinski definition) is 2. The molecule has 0 atom stereocenters. The molecule has 0 spiro atoms. The Morgan fingerprint density at radius 2 is 1.57 bits per heavy atom. The van der Waals surface area contributed by atoms with Crippen molar-refractivity contribution < 1.29 is 4.79 Å². The number of anilines is 4. The van der Waals surface area contributed by atoms with Crippen molar-refractivity contribution in [3.63, 3.8) is 0 Å². The summed E-state index contributed by atoms with van der Waals surface area (Å²) in [6, 6.07) is 18.6. The number of nitrogens with zero attached hydrogens (tertiary/aromatic N) is 3. The number of aromatic nitrogens is 2. The lowest BCUT2D eigenvalue weighted by atomic mass is 10.2. The normalized spacial score (nSPS) is 10.4. The van der Waals surface area contributed by atoms with Crippen molar-refractivity contribution in [1.29, 1.82) is 0 Å². The topological polar surface area (TPSA) is 70.2 Å². The van der Waals surface area contributed by atoms with Crippen LogP contribution in [0.4, 0.5) is 23.1 Å². The number of carbonyl (C=O) groups excluding carboxylic acids is 1. The summed E-state index contributed by atoms with van der Waals surface area (Å²) < 4.78 is 0. The maximum absolute atomic E-state index is 12.2. The van der Waals surface area contributed by atoms with Gasteiger partial charge in [-0.3, -0.25) is 4.79 Å². The van der Waals surface area contributed by atoms with E-state index in [4.69, 9.17) is 0 Å². The maximum atomic E-state index is 12.2. The molecule has 3 aromatic rings. The summed E-state index contributed by atoms with van der Waals surface area (Å²) in [7, 11) is 0. The molecule has 0 saturated heterocycles. The van der Waals surface area contributed by atoms with Gasteiger partial charge < -0.3 is 15.5 Å². The second-order valence-electron chi connectivity index (χ2n) is 6.39. The fourth-order valence-corrected chi connectivity index (χ4v) is 2.88. The molecule has 0 saturated carbocycles. The zero-order valence-electron chi connectivity index (χ0n) is 16.4. The minimum absolute atomic E-state index is 0.132. The van der Waals surface area contributed by atoms with E-state index < -0.39 is 0 Å². The third-order valence-corrected chi connectivity index (χ3v) is 4.36. The summed E-state index contributed by atoms with van der Waals surface area (Å²) in [5.41, 5.74) is 3.12. The van der Waals surface area contributed by atoms with Crippen molar-refractivity contribution in [2.45, 2.75) is 20.8 Å². The van der Waals surface area contributed by atoms with Crippen LogP contribution in [0.1, 0.15) is 29.9 Å². The first kappa shape index (κ1) is 19.4. The molecule has 1 amide bonds. The van der Waals surface area contributed by atoms with Gasteiger partial charge in [-0.15, -0.1) is 0 Å². The third-order valence-electron chi connectivity index (χ3n) is 4.36. The molecule has 0 fully saturated rings. The molecular weight excluding hydrogens is 350 g/mol. The average Bonchev–Trinajstić information content (AvgIpc) is 2.71. The molecule has 2 N–H and O–H groups in total. The lowest BCUT2D eigenvalue weighted by molar-refractivity contribution is 0.102. The first-order chi connectivity index (χ1) is 13.6. The van der Waals surface area contributed by atoms with Crippen molar-refractivity contribution in [2.24, 2.45) is 0 Å². The number of benzene rings is 2. The Bertz CT molecular complexity index is 921. The molecule has 0 aliphatic rings. The standard InChI is InChI=1S/C22H25N5O/c1-4-27(5-2)20-15-16(3)23-22(26-20)25-19-13-11-18(12-14-19)24-21(28)17-9-7-6-8-10-17/h6-15H,4-5H2,1-3H3,(H,24,28)(H,23,25,26). The molecular formula is C22H25N5O. The van der Waals surface area contributed by atoms with Crippen LogP contribution in [0, 0.1) is 6.92 Å². The predicted octanol–water partition coefficient (Wildman–Crippen LogP) is 4.63. The number of nitrogens with one attached hydrogen (secondary N) is 2. The second kappa shape index (κ2) is 8.99. The summed E-state index contributed by atoms with van der Waals surface area (Å²) in [6.45, 7) is 7.96. The minimum Gasteiger partial charge on any atom is -0.357 e. The minimum atomic E-state index is -0.132. The van der Waals surface area contributed by atoms with Gasteiger partial charge in [0.05, 0.1) is 0 Å². The molecule has 144 valence electrons. The van der Waals surface area contributed by atoms with Crippen LogP contribution in [0.2, 0.25) is 0 Å². The SMILES string of the molecule is CCN(CC)c1cc(C)nc(Nc2ccc(NC(=O)c3ccccc3)cc2)n1. The van der Waals surface area contributed by atoms with Gasteiger partial charge in [0.25, 0.3) is 5.91 Å². The van der Waals surface area contributed by atoms with Crippen molar-refractivity contribution in [1.82, 2.24) is 9.97 Å². The lowest BCUT2D eigenvalue weighted by Crippen LogP contribution is -2.23.